The van der Waals surface area contributed by atoms with Crippen molar-refractivity contribution in [2.45, 2.75) is 63.1 Å². The fourth-order valence-corrected chi connectivity index (χ4v) is 4.92. The smallest absolute Gasteiger partial charge is 0.251 e. The van der Waals surface area contributed by atoms with Crippen LogP contribution in [0.3, 0.4) is 0 Å². The summed E-state index contributed by atoms with van der Waals surface area (Å²) >= 11 is 0. The van der Waals surface area contributed by atoms with Gasteiger partial charge in [-0.25, -0.2) is 4.39 Å². The monoisotopic (exact) mass is 434 g/mol. The standard InChI is InChI=1S/C26H31FN4O/c1-17(20-7-9-25(27)22(14-20)16-28)30-24-8-6-21(15-24)18-2-4-19(5-3-18)26(32)31-23-10-12-29-13-11-23/h2-5,7,9,14,17,21,23-24,29-30H,6,8,10-13,15H2,1H3,(H,31,32)/t17-,21+,24?/m1/s1. The quantitative estimate of drug-likeness (QED) is 0.638. The second-order valence-electron chi connectivity index (χ2n) is 9.07. The van der Waals surface area contributed by atoms with Crippen LogP contribution in [0.15, 0.2) is 42.5 Å². The molecular weight excluding hydrogens is 403 g/mol. The molecule has 0 bridgehead atoms. The lowest BCUT2D eigenvalue weighted by molar-refractivity contribution is 0.0929. The van der Waals surface area contributed by atoms with Gasteiger partial charge in [-0.2, -0.15) is 5.26 Å². The third kappa shape index (κ3) is 5.35. The van der Waals surface area contributed by atoms with Crippen molar-refractivity contribution in [2.75, 3.05) is 13.1 Å². The molecule has 4 rings (SSSR count). The number of halogens is 1. The Morgan fingerprint density at radius 3 is 2.56 bits per heavy atom. The van der Waals surface area contributed by atoms with Gasteiger partial charge in [0.15, 0.2) is 0 Å². The first-order chi connectivity index (χ1) is 15.5. The van der Waals surface area contributed by atoms with Crippen LogP contribution >= 0.6 is 0 Å². The zero-order valence-electron chi connectivity index (χ0n) is 18.5. The van der Waals surface area contributed by atoms with E-state index in [1.165, 1.54) is 11.6 Å². The summed E-state index contributed by atoms with van der Waals surface area (Å²) < 4.78 is 13.6. The molecule has 3 N–H and O–H groups in total. The third-order valence-electron chi connectivity index (χ3n) is 6.85. The number of carbonyl (C=O) groups is 1. The lowest BCUT2D eigenvalue weighted by atomic mass is 9.96. The van der Waals surface area contributed by atoms with E-state index in [0.29, 0.717) is 12.0 Å². The van der Waals surface area contributed by atoms with Crippen molar-refractivity contribution in [1.29, 1.82) is 5.26 Å². The highest BCUT2D eigenvalue weighted by Gasteiger charge is 2.27. The molecule has 168 valence electrons. The molecule has 32 heavy (non-hydrogen) atoms. The van der Waals surface area contributed by atoms with Crippen LogP contribution in [-0.2, 0) is 0 Å². The van der Waals surface area contributed by atoms with Crippen molar-refractivity contribution in [3.63, 3.8) is 0 Å². The summed E-state index contributed by atoms with van der Waals surface area (Å²) in [5, 5.41) is 19.2. The van der Waals surface area contributed by atoms with Gasteiger partial charge in [0.2, 0.25) is 0 Å². The van der Waals surface area contributed by atoms with Gasteiger partial charge in [0, 0.05) is 23.7 Å². The zero-order chi connectivity index (χ0) is 22.5. The number of hydrogen-bond donors (Lipinski definition) is 3. The fourth-order valence-electron chi connectivity index (χ4n) is 4.92. The van der Waals surface area contributed by atoms with Gasteiger partial charge in [-0.3, -0.25) is 4.79 Å². The summed E-state index contributed by atoms with van der Waals surface area (Å²) in [7, 11) is 0. The Kier molecular flexibility index (Phi) is 7.19. The topological polar surface area (TPSA) is 77.0 Å². The van der Waals surface area contributed by atoms with Crippen LogP contribution in [0.4, 0.5) is 4.39 Å². The molecule has 0 spiro atoms. The Bertz CT molecular complexity index is 978. The maximum absolute atomic E-state index is 13.6. The second-order valence-corrected chi connectivity index (χ2v) is 9.07. The molecule has 6 heteroatoms. The van der Waals surface area contributed by atoms with Gasteiger partial charge >= 0.3 is 0 Å². The van der Waals surface area contributed by atoms with E-state index in [9.17, 15) is 9.18 Å². The van der Waals surface area contributed by atoms with E-state index in [2.05, 4.69) is 35.0 Å². The number of rotatable bonds is 6. The van der Waals surface area contributed by atoms with Gasteiger partial charge in [0.1, 0.15) is 11.9 Å². The number of hydrogen-bond acceptors (Lipinski definition) is 4. The molecule has 2 aromatic carbocycles. The number of nitrogens with one attached hydrogen (secondary N) is 3. The van der Waals surface area contributed by atoms with E-state index in [1.807, 2.05) is 18.2 Å². The molecule has 1 aliphatic carbocycles. The fraction of sp³-hybridized carbons (Fsp3) is 0.462. The highest BCUT2D eigenvalue weighted by molar-refractivity contribution is 5.94. The van der Waals surface area contributed by atoms with Crippen molar-refractivity contribution in [2.24, 2.45) is 0 Å². The average molecular weight is 435 g/mol. The molecule has 0 radical (unpaired) electrons. The third-order valence-corrected chi connectivity index (χ3v) is 6.85. The van der Waals surface area contributed by atoms with Gasteiger partial charge in [-0.1, -0.05) is 18.2 Å². The molecule has 1 aliphatic heterocycles. The molecular formula is C26H31FN4O. The lowest BCUT2D eigenvalue weighted by Gasteiger charge is -2.23. The Balaban J connectivity index is 1.31. The number of amides is 1. The minimum atomic E-state index is -0.475. The number of carbonyl (C=O) groups excluding carboxylic acids is 1. The molecule has 1 amide bonds. The molecule has 5 nitrogen and oxygen atoms in total. The van der Waals surface area contributed by atoms with Gasteiger partial charge in [-0.15, -0.1) is 0 Å². The number of nitrogens with zero attached hydrogens (tertiary/aromatic N) is 1. The van der Waals surface area contributed by atoms with E-state index in [0.717, 1.165) is 56.3 Å². The molecule has 2 fully saturated rings. The first-order valence-corrected chi connectivity index (χ1v) is 11.6. The second kappa shape index (κ2) is 10.2. The minimum absolute atomic E-state index is 0.0132. The molecule has 2 aliphatic rings. The summed E-state index contributed by atoms with van der Waals surface area (Å²) in [6.07, 6.45) is 5.15. The summed E-state index contributed by atoms with van der Waals surface area (Å²) in [6.45, 7) is 3.97. The normalized spacial score (nSPS) is 22.3. The Hall–Kier alpha value is -2.75. The van der Waals surface area contributed by atoms with Crippen molar-refractivity contribution < 1.29 is 9.18 Å². The maximum atomic E-state index is 13.6. The van der Waals surface area contributed by atoms with Crippen LogP contribution in [0.2, 0.25) is 0 Å². The van der Waals surface area contributed by atoms with Crippen LogP contribution in [-0.4, -0.2) is 31.1 Å². The van der Waals surface area contributed by atoms with Gasteiger partial charge < -0.3 is 16.0 Å². The van der Waals surface area contributed by atoms with E-state index < -0.39 is 5.82 Å². The number of benzene rings is 2. The molecule has 2 aromatic rings. The highest BCUT2D eigenvalue weighted by Crippen LogP contribution is 2.35. The van der Waals surface area contributed by atoms with Crippen LogP contribution in [0.25, 0.3) is 0 Å². The minimum Gasteiger partial charge on any atom is -0.349 e. The van der Waals surface area contributed by atoms with E-state index >= 15 is 0 Å². The Labute approximate surface area is 189 Å². The van der Waals surface area contributed by atoms with Gasteiger partial charge in [0.25, 0.3) is 5.91 Å². The lowest BCUT2D eigenvalue weighted by Crippen LogP contribution is -2.42. The van der Waals surface area contributed by atoms with Crippen molar-refractivity contribution >= 4 is 5.91 Å². The van der Waals surface area contributed by atoms with E-state index in [1.54, 1.807) is 12.1 Å². The summed E-state index contributed by atoms with van der Waals surface area (Å²) in [5.74, 6) is 0.000603. The Morgan fingerprint density at radius 1 is 1.09 bits per heavy atom. The predicted octanol–water partition coefficient (Wildman–Crippen LogP) is 4.17. The molecule has 1 unspecified atom stereocenters. The Morgan fingerprint density at radius 2 is 1.84 bits per heavy atom. The molecule has 1 heterocycles. The predicted molar refractivity (Wildman–Crippen MR) is 123 cm³/mol. The summed E-state index contributed by atoms with van der Waals surface area (Å²) in [5.41, 5.74) is 3.01. The summed E-state index contributed by atoms with van der Waals surface area (Å²) in [4.78, 5) is 12.5. The average Bonchev–Trinajstić information content (AvgIpc) is 3.28. The highest BCUT2D eigenvalue weighted by atomic mass is 19.1. The maximum Gasteiger partial charge on any atom is 0.251 e. The van der Waals surface area contributed by atoms with Crippen LogP contribution in [0.1, 0.15) is 78.0 Å². The van der Waals surface area contributed by atoms with Crippen LogP contribution in [0, 0.1) is 17.1 Å². The molecule has 3 atom stereocenters. The first kappa shape index (κ1) is 22.4. The number of nitriles is 1. The van der Waals surface area contributed by atoms with E-state index in [-0.39, 0.29) is 23.6 Å². The van der Waals surface area contributed by atoms with Crippen LogP contribution in [0.5, 0.6) is 0 Å². The molecule has 1 saturated heterocycles. The molecule has 0 aromatic heterocycles. The van der Waals surface area contributed by atoms with Gasteiger partial charge in [-0.05, 0) is 93.4 Å². The van der Waals surface area contributed by atoms with Crippen molar-refractivity contribution in [3.8, 4) is 6.07 Å². The zero-order valence-corrected chi connectivity index (χ0v) is 18.5. The summed E-state index contributed by atoms with van der Waals surface area (Å²) in [6, 6.07) is 15.4. The first-order valence-electron chi connectivity index (χ1n) is 11.6. The van der Waals surface area contributed by atoms with Crippen LogP contribution < -0.4 is 16.0 Å². The SMILES string of the molecule is C[C@@H](NC1CC[C@H](c2ccc(C(=O)NC3CCNCC3)cc2)C1)c1ccc(F)c(C#N)c1. The van der Waals surface area contributed by atoms with E-state index in [4.69, 9.17) is 5.26 Å². The molecule has 1 saturated carbocycles. The van der Waals surface area contributed by atoms with Crippen molar-refractivity contribution in [1.82, 2.24) is 16.0 Å². The van der Waals surface area contributed by atoms with Gasteiger partial charge in [0.05, 0.1) is 5.56 Å². The number of piperidine rings is 1. The largest absolute Gasteiger partial charge is 0.349 e. The van der Waals surface area contributed by atoms with Crippen molar-refractivity contribution in [3.05, 3.63) is 70.5 Å².